The van der Waals surface area contributed by atoms with Crippen LogP contribution in [-0.4, -0.2) is 23.4 Å². The molecule has 118 valence electrons. The van der Waals surface area contributed by atoms with Crippen molar-refractivity contribution in [3.63, 3.8) is 0 Å². The number of hydrogen-bond acceptors (Lipinski definition) is 3. The second-order valence-electron chi connectivity index (χ2n) is 5.19. The van der Waals surface area contributed by atoms with Gasteiger partial charge in [-0.15, -0.1) is 11.3 Å². The molecule has 0 spiro atoms. The molecule has 2 rings (SSSR count). The van der Waals surface area contributed by atoms with Crippen LogP contribution in [0.2, 0.25) is 0 Å². The molecule has 3 nitrogen and oxygen atoms in total. The molecule has 0 fully saturated rings. The minimum absolute atomic E-state index is 0.0346. The van der Waals surface area contributed by atoms with Crippen LogP contribution in [-0.2, 0) is 11.3 Å². The Bertz CT molecular complexity index is 600. The molecular formula is C17H21BrN2OS. The number of halogens is 1. The minimum atomic E-state index is -0.172. The third-order valence-corrected chi connectivity index (χ3v) is 5.43. The number of amides is 1. The highest BCUT2D eigenvalue weighted by molar-refractivity contribution is 9.10. The van der Waals surface area contributed by atoms with Gasteiger partial charge in [0.25, 0.3) is 0 Å². The lowest BCUT2D eigenvalue weighted by atomic mass is 10.2. The third-order valence-electron chi connectivity index (χ3n) is 3.52. The third kappa shape index (κ3) is 4.66. The molecule has 1 N–H and O–H groups in total. The van der Waals surface area contributed by atoms with Crippen molar-refractivity contribution in [2.45, 2.75) is 32.9 Å². The Balaban J connectivity index is 2.03. The maximum absolute atomic E-state index is 12.5. The molecule has 0 saturated heterocycles. The van der Waals surface area contributed by atoms with Crippen LogP contribution < -0.4 is 5.32 Å². The molecule has 0 saturated carbocycles. The van der Waals surface area contributed by atoms with Gasteiger partial charge < -0.3 is 5.32 Å². The summed E-state index contributed by atoms with van der Waals surface area (Å²) < 4.78 is 1.12. The lowest BCUT2D eigenvalue weighted by Gasteiger charge is -2.27. The van der Waals surface area contributed by atoms with Crippen molar-refractivity contribution in [3.8, 4) is 0 Å². The van der Waals surface area contributed by atoms with E-state index < -0.39 is 0 Å². The van der Waals surface area contributed by atoms with Crippen LogP contribution in [0.3, 0.4) is 0 Å². The van der Waals surface area contributed by atoms with Crippen molar-refractivity contribution >= 4 is 38.9 Å². The largest absolute Gasteiger partial charge is 0.325 e. The van der Waals surface area contributed by atoms with Gasteiger partial charge in [0, 0.05) is 21.6 Å². The van der Waals surface area contributed by atoms with Crippen LogP contribution >= 0.6 is 27.3 Å². The van der Waals surface area contributed by atoms with Crippen LogP contribution in [0.5, 0.6) is 0 Å². The quantitative estimate of drug-likeness (QED) is 0.751. The number of hydrogen-bond donors (Lipinski definition) is 1. The standard InChI is InChI=1S/C17H21BrN2OS/c1-3-10-20(12-16-15(18)9-11-22-16)13(2)17(21)19-14-7-5-4-6-8-14/h4-9,11,13H,3,10,12H2,1-2H3,(H,19,21). The highest BCUT2D eigenvalue weighted by Gasteiger charge is 2.22. The lowest BCUT2D eigenvalue weighted by Crippen LogP contribution is -2.42. The van der Waals surface area contributed by atoms with Crippen molar-refractivity contribution < 1.29 is 4.79 Å². The summed E-state index contributed by atoms with van der Waals surface area (Å²) in [6.45, 7) is 5.79. The summed E-state index contributed by atoms with van der Waals surface area (Å²) in [7, 11) is 0. The maximum Gasteiger partial charge on any atom is 0.241 e. The number of nitrogens with one attached hydrogen (secondary N) is 1. The number of benzene rings is 1. The fourth-order valence-corrected chi connectivity index (χ4v) is 3.76. The SMILES string of the molecule is CCCN(Cc1sccc1Br)C(C)C(=O)Nc1ccccc1. The van der Waals surface area contributed by atoms with E-state index in [1.165, 1.54) is 4.88 Å². The van der Waals surface area contributed by atoms with Crippen molar-refractivity contribution in [1.82, 2.24) is 4.90 Å². The molecule has 1 aromatic carbocycles. The first-order valence-electron chi connectivity index (χ1n) is 7.43. The molecule has 1 unspecified atom stereocenters. The predicted octanol–water partition coefficient (Wildman–Crippen LogP) is 4.75. The van der Waals surface area contributed by atoms with Crippen LogP contribution in [0.1, 0.15) is 25.1 Å². The Kier molecular flexibility index (Phi) is 6.61. The molecule has 1 heterocycles. The first kappa shape index (κ1) is 17.2. The Morgan fingerprint density at radius 1 is 1.32 bits per heavy atom. The van der Waals surface area contributed by atoms with Gasteiger partial charge in [-0.1, -0.05) is 25.1 Å². The molecule has 0 aliphatic rings. The molecule has 1 atom stereocenters. The van der Waals surface area contributed by atoms with Crippen LogP contribution in [0.25, 0.3) is 0 Å². The number of rotatable bonds is 7. The highest BCUT2D eigenvalue weighted by Crippen LogP contribution is 2.25. The van der Waals surface area contributed by atoms with E-state index in [0.717, 1.165) is 29.7 Å². The zero-order valence-corrected chi connectivity index (χ0v) is 15.3. The number of para-hydroxylation sites is 1. The van der Waals surface area contributed by atoms with Gasteiger partial charge in [-0.3, -0.25) is 9.69 Å². The van der Waals surface area contributed by atoms with E-state index in [9.17, 15) is 4.79 Å². The fourth-order valence-electron chi connectivity index (χ4n) is 2.25. The molecular weight excluding hydrogens is 360 g/mol. The molecule has 1 amide bonds. The van der Waals surface area contributed by atoms with Gasteiger partial charge in [0.15, 0.2) is 0 Å². The molecule has 0 aliphatic heterocycles. The average Bonchev–Trinajstić information content (AvgIpc) is 2.92. The van der Waals surface area contributed by atoms with E-state index in [4.69, 9.17) is 0 Å². The summed E-state index contributed by atoms with van der Waals surface area (Å²) in [5.41, 5.74) is 0.841. The van der Waals surface area contributed by atoms with E-state index in [0.29, 0.717) is 0 Å². The summed E-state index contributed by atoms with van der Waals surface area (Å²) in [6.07, 6.45) is 1.02. The van der Waals surface area contributed by atoms with E-state index in [-0.39, 0.29) is 11.9 Å². The zero-order chi connectivity index (χ0) is 15.9. The second kappa shape index (κ2) is 8.46. The van der Waals surface area contributed by atoms with Crippen LogP contribution in [0.4, 0.5) is 5.69 Å². The molecule has 5 heteroatoms. The highest BCUT2D eigenvalue weighted by atomic mass is 79.9. The average molecular weight is 381 g/mol. The Hall–Kier alpha value is -1.17. The van der Waals surface area contributed by atoms with Crippen LogP contribution in [0.15, 0.2) is 46.3 Å². The number of nitrogens with zero attached hydrogens (tertiary/aromatic N) is 1. The van der Waals surface area contributed by atoms with Gasteiger partial charge in [-0.25, -0.2) is 0 Å². The van der Waals surface area contributed by atoms with Gasteiger partial charge in [0.2, 0.25) is 5.91 Å². The van der Waals surface area contributed by atoms with Crippen molar-refractivity contribution in [1.29, 1.82) is 0 Å². The van der Waals surface area contributed by atoms with Gasteiger partial charge >= 0.3 is 0 Å². The zero-order valence-electron chi connectivity index (χ0n) is 12.9. The lowest BCUT2D eigenvalue weighted by molar-refractivity contribution is -0.121. The van der Waals surface area contributed by atoms with E-state index in [1.54, 1.807) is 11.3 Å². The second-order valence-corrected chi connectivity index (χ2v) is 7.05. The summed E-state index contributed by atoms with van der Waals surface area (Å²) in [5.74, 6) is 0.0346. The Morgan fingerprint density at radius 2 is 2.05 bits per heavy atom. The van der Waals surface area contributed by atoms with E-state index in [1.807, 2.05) is 37.3 Å². The molecule has 22 heavy (non-hydrogen) atoms. The molecule has 1 aromatic heterocycles. The van der Waals surface area contributed by atoms with Gasteiger partial charge in [-0.05, 0) is 59.4 Å². The number of thiophene rings is 1. The summed E-state index contributed by atoms with van der Waals surface area (Å²) in [5, 5.41) is 5.05. The normalized spacial score (nSPS) is 12.4. The number of carbonyl (C=O) groups excluding carboxylic acids is 1. The number of carbonyl (C=O) groups is 1. The summed E-state index contributed by atoms with van der Waals surface area (Å²) >= 11 is 5.29. The van der Waals surface area contributed by atoms with Crippen LogP contribution in [0, 0.1) is 0 Å². The fraction of sp³-hybridized carbons (Fsp3) is 0.353. The summed E-state index contributed by atoms with van der Waals surface area (Å²) in [4.78, 5) is 16.0. The molecule has 0 radical (unpaired) electrons. The van der Waals surface area contributed by atoms with Gasteiger partial charge in [0.1, 0.15) is 0 Å². The molecule has 2 aromatic rings. The molecule has 0 aliphatic carbocycles. The minimum Gasteiger partial charge on any atom is -0.325 e. The topological polar surface area (TPSA) is 32.3 Å². The Morgan fingerprint density at radius 3 is 2.64 bits per heavy atom. The predicted molar refractivity (Wildman–Crippen MR) is 97.3 cm³/mol. The molecule has 0 bridgehead atoms. The van der Waals surface area contributed by atoms with Crippen molar-refractivity contribution in [2.24, 2.45) is 0 Å². The Labute approximate surface area is 144 Å². The van der Waals surface area contributed by atoms with Gasteiger partial charge in [0.05, 0.1) is 6.04 Å². The smallest absolute Gasteiger partial charge is 0.241 e. The van der Waals surface area contributed by atoms with Crippen molar-refractivity contribution in [3.05, 3.63) is 51.1 Å². The monoisotopic (exact) mass is 380 g/mol. The van der Waals surface area contributed by atoms with E-state index >= 15 is 0 Å². The van der Waals surface area contributed by atoms with E-state index in [2.05, 4.69) is 44.5 Å². The first-order valence-corrected chi connectivity index (χ1v) is 9.11. The number of anilines is 1. The maximum atomic E-state index is 12.5. The first-order chi connectivity index (χ1) is 10.6. The summed E-state index contributed by atoms with van der Waals surface area (Å²) in [6, 6.07) is 11.5. The van der Waals surface area contributed by atoms with Gasteiger partial charge in [-0.2, -0.15) is 0 Å². The van der Waals surface area contributed by atoms with Crippen molar-refractivity contribution in [2.75, 3.05) is 11.9 Å².